The van der Waals surface area contributed by atoms with E-state index < -0.39 is 0 Å². The van der Waals surface area contributed by atoms with Crippen LogP contribution in [-0.4, -0.2) is 10.9 Å². The van der Waals surface area contributed by atoms with Gasteiger partial charge in [0.05, 0.1) is 15.6 Å². The first-order valence-corrected chi connectivity index (χ1v) is 6.19. The van der Waals surface area contributed by atoms with E-state index in [1.807, 2.05) is 0 Å². The third kappa shape index (κ3) is 1.53. The maximum absolute atomic E-state index is 12.2. The van der Waals surface area contributed by atoms with Gasteiger partial charge < -0.3 is 5.11 Å². The summed E-state index contributed by atoms with van der Waals surface area (Å²) in [6, 6.07) is 6.09. The summed E-state index contributed by atoms with van der Waals surface area (Å²) in [5, 5.41) is 10.8. The second-order valence-electron chi connectivity index (χ2n) is 3.99. The number of hydrogen-bond donors (Lipinski definition) is 1. The third-order valence-corrected chi connectivity index (χ3v) is 3.84. The lowest BCUT2D eigenvalue weighted by Crippen LogP contribution is -1.95. The van der Waals surface area contributed by atoms with Crippen molar-refractivity contribution in [3.63, 3.8) is 0 Å². The predicted octanol–water partition coefficient (Wildman–Crippen LogP) is 4.56. The van der Waals surface area contributed by atoms with E-state index in [9.17, 15) is 9.90 Å². The lowest BCUT2D eigenvalue weighted by Gasteiger charge is -2.03. The first kappa shape index (κ1) is 11.8. The Morgan fingerprint density at radius 3 is 2.11 bits per heavy atom. The van der Waals surface area contributed by atoms with E-state index in [0.717, 1.165) is 0 Å². The molecule has 2 nitrogen and oxygen atoms in total. The fourth-order valence-corrected chi connectivity index (χ4v) is 2.68. The molecule has 0 heterocycles. The van der Waals surface area contributed by atoms with Crippen LogP contribution in [-0.2, 0) is 0 Å². The van der Waals surface area contributed by atoms with Crippen LogP contribution in [0.2, 0.25) is 15.1 Å². The topological polar surface area (TPSA) is 37.3 Å². The van der Waals surface area contributed by atoms with Crippen molar-refractivity contribution in [2.45, 2.75) is 0 Å². The average molecular weight is 300 g/mol. The van der Waals surface area contributed by atoms with Gasteiger partial charge in [-0.3, -0.25) is 4.79 Å². The number of benzene rings is 2. The van der Waals surface area contributed by atoms with E-state index in [0.29, 0.717) is 31.8 Å². The lowest BCUT2D eigenvalue weighted by atomic mass is 10.1. The van der Waals surface area contributed by atoms with Gasteiger partial charge in [-0.1, -0.05) is 34.8 Å². The van der Waals surface area contributed by atoms with Crippen molar-refractivity contribution in [3.8, 4) is 16.9 Å². The molecule has 0 atom stereocenters. The fraction of sp³-hybridized carbons (Fsp3) is 0. The van der Waals surface area contributed by atoms with E-state index in [-0.39, 0.29) is 17.1 Å². The van der Waals surface area contributed by atoms with Gasteiger partial charge in [0, 0.05) is 10.6 Å². The molecule has 0 saturated heterocycles. The molecule has 0 fully saturated rings. The molecule has 0 bridgehead atoms. The Kier molecular flexibility index (Phi) is 2.56. The van der Waals surface area contributed by atoms with Crippen LogP contribution in [0.4, 0.5) is 0 Å². The van der Waals surface area contributed by atoms with Gasteiger partial charge in [0.15, 0.2) is 5.78 Å². The summed E-state index contributed by atoms with van der Waals surface area (Å²) in [4.78, 5) is 12.2. The summed E-state index contributed by atoms with van der Waals surface area (Å²) in [6.07, 6.45) is 0. The maximum Gasteiger partial charge on any atom is 0.198 e. The largest absolute Gasteiger partial charge is 0.507 e. The Hall–Kier alpha value is -1.22. The third-order valence-electron chi connectivity index (χ3n) is 2.90. The summed E-state index contributed by atoms with van der Waals surface area (Å²) in [5.41, 5.74) is 1.89. The predicted molar refractivity (Wildman–Crippen MR) is 72.0 cm³/mol. The van der Waals surface area contributed by atoms with Crippen molar-refractivity contribution in [1.29, 1.82) is 0 Å². The summed E-state index contributed by atoms with van der Waals surface area (Å²) < 4.78 is 0. The molecule has 2 aromatic carbocycles. The van der Waals surface area contributed by atoms with Gasteiger partial charge >= 0.3 is 0 Å². The molecule has 18 heavy (non-hydrogen) atoms. The van der Waals surface area contributed by atoms with Crippen LogP contribution in [0.3, 0.4) is 0 Å². The number of ketones is 1. The number of fused-ring (bicyclic) bond motifs is 3. The Labute approximate surface area is 118 Å². The van der Waals surface area contributed by atoms with Crippen molar-refractivity contribution in [3.05, 3.63) is 50.5 Å². The summed E-state index contributed by atoms with van der Waals surface area (Å²) in [6.45, 7) is 0. The molecule has 0 unspecified atom stereocenters. The standard InChI is InChI=1S/C13H5Cl3O2/c14-5-1-7-6-3-9(15)10(16)4-8(6)13(18)12(7)11(17)2-5/h1-4,17H. The highest BCUT2D eigenvalue weighted by molar-refractivity contribution is 6.43. The van der Waals surface area contributed by atoms with Gasteiger partial charge in [0.2, 0.25) is 0 Å². The zero-order valence-electron chi connectivity index (χ0n) is 8.80. The van der Waals surface area contributed by atoms with Crippen molar-refractivity contribution in [2.24, 2.45) is 0 Å². The SMILES string of the molecule is O=C1c2cc(Cl)c(Cl)cc2-c2cc(Cl)cc(O)c21. The first-order valence-electron chi connectivity index (χ1n) is 5.05. The molecule has 0 radical (unpaired) electrons. The van der Waals surface area contributed by atoms with Crippen LogP contribution >= 0.6 is 34.8 Å². The van der Waals surface area contributed by atoms with Crippen LogP contribution in [0, 0.1) is 0 Å². The zero-order valence-corrected chi connectivity index (χ0v) is 11.1. The molecule has 2 aromatic rings. The number of carbonyl (C=O) groups is 1. The van der Waals surface area contributed by atoms with Crippen LogP contribution < -0.4 is 0 Å². The molecule has 5 heteroatoms. The molecular formula is C13H5Cl3O2. The maximum atomic E-state index is 12.2. The molecule has 0 aliphatic heterocycles. The Bertz CT molecular complexity index is 708. The lowest BCUT2D eigenvalue weighted by molar-refractivity contribution is 0.104. The minimum absolute atomic E-state index is 0.133. The normalized spacial score (nSPS) is 12.5. The minimum atomic E-state index is -0.271. The Morgan fingerprint density at radius 1 is 0.833 bits per heavy atom. The van der Waals surface area contributed by atoms with E-state index in [1.165, 1.54) is 12.1 Å². The van der Waals surface area contributed by atoms with Crippen molar-refractivity contribution < 1.29 is 9.90 Å². The number of rotatable bonds is 0. The molecule has 1 aliphatic carbocycles. The zero-order chi connectivity index (χ0) is 13.0. The number of carbonyl (C=O) groups excluding carboxylic acids is 1. The minimum Gasteiger partial charge on any atom is -0.507 e. The average Bonchev–Trinajstić information content (AvgIpc) is 2.54. The van der Waals surface area contributed by atoms with Gasteiger partial charge in [0.25, 0.3) is 0 Å². The molecule has 3 rings (SSSR count). The second kappa shape index (κ2) is 3.89. The quantitative estimate of drug-likeness (QED) is 0.660. The van der Waals surface area contributed by atoms with Crippen LogP contribution in [0.25, 0.3) is 11.1 Å². The number of phenolic OH excluding ortho intramolecular Hbond substituents is 1. The van der Waals surface area contributed by atoms with Gasteiger partial charge in [-0.15, -0.1) is 0 Å². The van der Waals surface area contributed by atoms with Gasteiger partial charge in [-0.05, 0) is 35.4 Å². The van der Waals surface area contributed by atoms with E-state index in [4.69, 9.17) is 34.8 Å². The highest BCUT2D eigenvalue weighted by Gasteiger charge is 2.30. The molecule has 0 saturated carbocycles. The Balaban J connectivity index is 2.40. The fourth-order valence-electron chi connectivity index (χ4n) is 2.14. The number of hydrogen-bond acceptors (Lipinski definition) is 2. The molecule has 0 amide bonds. The van der Waals surface area contributed by atoms with Gasteiger partial charge in [-0.25, -0.2) is 0 Å². The first-order chi connectivity index (χ1) is 8.49. The Morgan fingerprint density at radius 2 is 1.44 bits per heavy atom. The molecular weight excluding hydrogens is 294 g/mol. The van der Waals surface area contributed by atoms with Crippen molar-refractivity contribution >= 4 is 40.6 Å². The van der Waals surface area contributed by atoms with E-state index in [1.54, 1.807) is 12.1 Å². The van der Waals surface area contributed by atoms with Crippen LogP contribution in [0.15, 0.2) is 24.3 Å². The van der Waals surface area contributed by atoms with Gasteiger partial charge in [-0.2, -0.15) is 0 Å². The van der Waals surface area contributed by atoms with Crippen LogP contribution in [0.1, 0.15) is 15.9 Å². The summed E-state index contributed by atoms with van der Waals surface area (Å²) >= 11 is 17.7. The number of aromatic hydroxyl groups is 1. The molecule has 1 aliphatic rings. The van der Waals surface area contributed by atoms with Crippen molar-refractivity contribution in [2.75, 3.05) is 0 Å². The smallest absolute Gasteiger partial charge is 0.198 e. The summed E-state index contributed by atoms with van der Waals surface area (Å²) in [5.74, 6) is -0.404. The monoisotopic (exact) mass is 298 g/mol. The molecule has 90 valence electrons. The highest BCUT2D eigenvalue weighted by Crippen LogP contribution is 2.44. The molecule has 0 spiro atoms. The number of phenols is 1. The van der Waals surface area contributed by atoms with Crippen molar-refractivity contribution in [1.82, 2.24) is 0 Å². The van der Waals surface area contributed by atoms with Gasteiger partial charge in [0.1, 0.15) is 5.75 Å². The van der Waals surface area contributed by atoms with E-state index >= 15 is 0 Å². The molecule has 0 aromatic heterocycles. The van der Waals surface area contributed by atoms with Crippen LogP contribution in [0.5, 0.6) is 5.75 Å². The highest BCUT2D eigenvalue weighted by atomic mass is 35.5. The second-order valence-corrected chi connectivity index (χ2v) is 5.24. The number of halogens is 3. The summed E-state index contributed by atoms with van der Waals surface area (Å²) in [7, 11) is 0. The molecule has 1 N–H and O–H groups in total. The van der Waals surface area contributed by atoms with E-state index in [2.05, 4.69) is 0 Å².